The van der Waals surface area contributed by atoms with Gasteiger partial charge in [-0.05, 0) is 79.8 Å². The molecule has 0 saturated heterocycles. The minimum Gasteiger partial charge on any atom is -0.354 e. The molecule has 1 unspecified atom stereocenters. The number of nitrogens with one attached hydrogen (secondary N) is 1. The van der Waals surface area contributed by atoms with E-state index in [1.165, 1.54) is 29.2 Å². The number of hydrogen-bond donors (Lipinski definition) is 1. The Morgan fingerprint density at radius 3 is 2.13 bits per heavy atom. The summed E-state index contributed by atoms with van der Waals surface area (Å²) in [5.74, 6) is -0.558. The Hall–Kier alpha value is -3.36. The van der Waals surface area contributed by atoms with Gasteiger partial charge in [0.05, 0.1) is 10.6 Å². The highest BCUT2D eigenvalue weighted by atomic mass is 35.5. The molecular formula is C30H36ClN3O4S. The molecule has 1 atom stereocenters. The standard InChI is InChI=1S/C30H36ClN3O4S/c1-21(2)18-32-30(36)24(5)33(19-25-9-7-6-8-10-25)29(35)20-34(27-14-11-22(3)23(4)17-27)39(37,38)28-15-12-26(31)13-16-28/h6-17,21,24H,18-20H2,1-5H3,(H,32,36). The number of carbonyl (C=O) groups is 2. The van der Waals surface area contributed by atoms with Gasteiger partial charge in [-0.15, -0.1) is 0 Å². The summed E-state index contributed by atoms with van der Waals surface area (Å²) < 4.78 is 28.8. The number of sulfonamides is 1. The van der Waals surface area contributed by atoms with Crippen LogP contribution in [0.3, 0.4) is 0 Å². The van der Waals surface area contributed by atoms with E-state index in [0.717, 1.165) is 21.0 Å². The highest BCUT2D eigenvalue weighted by Crippen LogP contribution is 2.27. The van der Waals surface area contributed by atoms with E-state index >= 15 is 0 Å². The van der Waals surface area contributed by atoms with Crippen molar-refractivity contribution in [3.05, 3.63) is 94.5 Å². The lowest BCUT2D eigenvalue weighted by atomic mass is 10.1. The molecule has 7 nitrogen and oxygen atoms in total. The molecule has 0 saturated carbocycles. The number of rotatable bonds is 11. The van der Waals surface area contributed by atoms with Gasteiger partial charge < -0.3 is 10.2 Å². The molecule has 0 fully saturated rings. The van der Waals surface area contributed by atoms with Crippen molar-refractivity contribution in [3.8, 4) is 0 Å². The monoisotopic (exact) mass is 569 g/mol. The van der Waals surface area contributed by atoms with Crippen molar-refractivity contribution in [2.24, 2.45) is 5.92 Å². The van der Waals surface area contributed by atoms with Crippen LogP contribution in [0.1, 0.15) is 37.5 Å². The van der Waals surface area contributed by atoms with Crippen LogP contribution in [-0.4, -0.2) is 44.3 Å². The summed E-state index contributed by atoms with van der Waals surface area (Å²) >= 11 is 6.00. The number of nitrogens with zero attached hydrogens (tertiary/aromatic N) is 2. The third-order valence-corrected chi connectivity index (χ3v) is 8.55. The van der Waals surface area contributed by atoms with Crippen molar-refractivity contribution in [2.45, 2.75) is 52.1 Å². The van der Waals surface area contributed by atoms with Gasteiger partial charge in [0.2, 0.25) is 11.8 Å². The lowest BCUT2D eigenvalue weighted by Gasteiger charge is -2.32. The van der Waals surface area contributed by atoms with Gasteiger partial charge >= 0.3 is 0 Å². The number of carbonyl (C=O) groups excluding carboxylic acids is 2. The summed E-state index contributed by atoms with van der Waals surface area (Å²) in [6.07, 6.45) is 0. The van der Waals surface area contributed by atoms with Gasteiger partial charge in [-0.25, -0.2) is 8.42 Å². The Labute approximate surface area is 236 Å². The molecule has 0 aliphatic heterocycles. The molecule has 0 bridgehead atoms. The third kappa shape index (κ3) is 7.83. The molecule has 9 heteroatoms. The van der Waals surface area contributed by atoms with Crippen LogP contribution in [0.25, 0.3) is 0 Å². The predicted octanol–water partition coefficient (Wildman–Crippen LogP) is 5.34. The smallest absolute Gasteiger partial charge is 0.264 e. The van der Waals surface area contributed by atoms with Gasteiger partial charge in [-0.2, -0.15) is 0 Å². The van der Waals surface area contributed by atoms with Gasteiger partial charge in [0.15, 0.2) is 0 Å². The fraction of sp³-hybridized carbons (Fsp3) is 0.333. The topological polar surface area (TPSA) is 86.8 Å². The van der Waals surface area contributed by atoms with Crippen molar-refractivity contribution in [2.75, 3.05) is 17.4 Å². The molecule has 0 aliphatic rings. The molecule has 3 rings (SSSR count). The summed E-state index contributed by atoms with van der Waals surface area (Å²) in [6.45, 7) is 9.58. The van der Waals surface area contributed by atoms with Crippen molar-refractivity contribution < 1.29 is 18.0 Å². The maximum Gasteiger partial charge on any atom is 0.264 e. The number of hydrogen-bond acceptors (Lipinski definition) is 4. The zero-order valence-electron chi connectivity index (χ0n) is 23.0. The van der Waals surface area contributed by atoms with Gasteiger partial charge in [-0.3, -0.25) is 13.9 Å². The zero-order valence-corrected chi connectivity index (χ0v) is 24.6. The molecule has 1 N–H and O–H groups in total. The summed E-state index contributed by atoms with van der Waals surface area (Å²) in [5, 5.41) is 3.29. The van der Waals surface area contributed by atoms with Gasteiger partial charge in [-0.1, -0.05) is 61.8 Å². The minimum atomic E-state index is -4.14. The van der Waals surface area contributed by atoms with E-state index in [4.69, 9.17) is 11.6 Å². The quantitative estimate of drug-likeness (QED) is 0.338. The highest BCUT2D eigenvalue weighted by Gasteiger charge is 2.32. The number of benzene rings is 3. The van der Waals surface area contributed by atoms with Crippen LogP contribution in [0.5, 0.6) is 0 Å². The molecular weight excluding hydrogens is 534 g/mol. The van der Waals surface area contributed by atoms with Crippen molar-refractivity contribution in [1.29, 1.82) is 0 Å². The summed E-state index contributed by atoms with van der Waals surface area (Å²) in [4.78, 5) is 28.4. The van der Waals surface area contributed by atoms with Crippen LogP contribution in [0, 0.1) is 19.8 Å². The van der Waals surface area contributed by atoms with Crippen LogP contribution in [-0.2, 0) is 26.2 Å². The fourth-order valence-corrected chi connectivity index (χ4v) is 5.49. The van der Waals surface area contributed by atoms with Gasteiger partial charge in [0.25, 0.3) is 10.0 Å². The number of aryl methyl sites for hydroxylation is 2. The van der Waals surface area contributed by atoms with Gasteiger partial charge in [0.1, 0.15) is 12.6 Å². The van der Waals surface area contributed by atoms with Crippen LogP contribution < -0.4 is 9.62 Å². The molecule has 0 heterocycles. The van der Waals surface area contributed by atoms with Crippen molar-refractivity contribution >= 4 is 39.1 Å². The Morgan fingerprint density at radius 2 is 1.54 bits per heavy atom. The van der Waals surface area contributed by atoms with Gasteiger partial charge in [0, 0.05) is 18.1 Å². The first-order valence-corrected chi connectivity index (χ1v) is 14.7. The second-order valence-electron chi connectivity index (χ2n) is 10.1. The van der Waals surface area contributed by atoms with Crippen LogP contribution >= 0.6 is 11.6 Å². The lowest BCUT2D eigenvalue weighted by Crippen LogP contribution is -2.51. The Morgan fingerprint density at radius 1 is 0.897 bits per heavy atom. The van der Waals surface area contributed by atoms with Crippen molar-refractivity contribution in [1.82, 2.24) is 10.2 Å². The van der Waals surface area contributed by atoms with E-state index in [-0.39, 0.29) is 23.3 Å². The van der Waals surface area contributed by atoms with Crippen molar-refractivity contribution in [3.63, 3.8) is 0 Å². The zero-order chi connectivity index (χ0) is 28.7. The number of amides is 2. The third-order valence-electron chi connectivity index (χ3n) is 6.51. The Bertz CT molecular complexity index is 1390. The first-order valence-electron chi connectivity index (χ1n) is 12.9. The molecule has 0 aromatic heterocycles. The maximum atomic E-state index is 13.9. The SMILES string of the molecule is Cc1ccc(N(CC(=O)N(Cc2ccccc2)C(C)C(=O)NCC(C)C)S(=O)(=O)c2ccc(Cl)cc2)cc1C. The molecule has 0 spiro atoms. The van der Waals surface area contributed by atoms with E-state index in [2.05, 4.69) is 5.32 Å². The lowest BCUT2D eigenvalue weighted by molar-refractivity contribution is -0.139. The Balaban J connectivity index is 2.02. The molecule has 0 radical (unpaired) electrons. The maximum absolute atomic E-state index is 13.9. The minimum absolute atomic E-state index is 0.00950. The molecule has 39 heavy (non-hydrogen) atoms. The average Bonchev–Trinajstić information content (AvgIpc) is 2.90. The number of halogens is 1. The Kier molecular flexibility index (Phi) is 10.2. The molecule has 3 aromatic rings. The highest BCUT2D eigenvalue weighted by molar-refractivity contribution is 7.92. The van der Waals surface area contributed by atoms with E-state index < -0.39 is 28.5 Å². The second-order valence-corrected chi connectivity index (χ2v) is 12.4. The fourth-order valence-electron chi connectivity index (χ4n) is 3.96. The molecule has 0 aliphatic carbocycles. The summed E-state index contributed by atoms with van der Waals surface area (Å²) in [7, 11) is -4.14. The summed E-state index contributed by atoms with van der Waals surface area (Å²) in [5.41, 5.74) is 3.07. The van der Waals surface area contributed by atoms with E-state index in [0.29, 0.717) is 17.3 Å². The van der Waals surface area contributed by atoms with E-state index in [9.17, 15) is 18.0 Å². The largest absolute Gasteiger partial charge is 0.354 e. The molecule has 2 amide bonds. The summed E-state index contributed by atoms with van der Waals surface area (Å²) in [6, 6.07) is 19.6. The predicted molar refractivity (Wildman–Crippen MR) is 156 cm³/mol. The second kappa shape index (κ2) is 13.1. The van der Waals surface area contributed by atoms with E-state index in [1.54, 1.807) is 19.1 Å². The number of anilines is 1. The first kappa shape index (κ1) is 30.2. The van der Waals surface area contributed by atoms with Crippen LogP contribution in [0.2, 0.25) is 5.02 Å². The normalized spacial score (nSPS) is 12.2. The molecule has 3 aromatic carbocycles. The van der Waals surface area contributed by atoms with E-state index in [1.807, 2.05) is 64.1 Å². The van der Waals surface area contributed by atoms with Crippen LogP contribution in [0.4, 0.5) is 5.69 Å². The molecule has 208 valence electrons. The average molecular weight is 570 g/mol. The van der Waals surface area contributed by atoms with Crippen LogP contribution in [0.15, 0.2) is 77.7 Å². The first-order chi connectivity index (χ1) is 18.4.